The molecule has 1 aromatic heterocycles. The molecular weight excluding hydrogens is 346 g/mol. The largest absolute Gasteiger partial charge is 0.436 e. The molecule has 0 aliphatic heterocycles. The number of fused-ring (bicyclic) bond motifs is 1. The van der Waals surface area contributed by atoms with Crippen molar-refractivity contribution >= 4 is 43.0 Å². The summed E-state index contributed by atoms with van der Waals surface area (Å²) in [4.78, 5) is 4.47. The maximum absolute atomic E-state index is 5.73. The van der Waals surface area contributed by atoms with Gasteiger partial charge in [-0.2, -0.15) is 0 Å². The predicted molar refractivity (Wildman–Crippen MR) is 74.8 cm³/mol. The highest BCUT2D eigenvalue weighted by molar-refractivity contribution is 9.11. The molecule has 3 aromatic rings. The zero-order valence-electron chi connectivity index (χ0n) is 8.65. The highest BCUT2D eigenvalue weighted by atomic mass is 79.9. The number of oxazole rings is 1. The number of para-hydroxylation sites is 2. The van der Waals surface area contributed by atoms with Gasteiger partial charge in [-0.25, -0.2) is 4.98 Å². The molecule has 0 unspecified atom stereocenters. The summed E-state index contributed by atoms with van der Waals surface area (Å²) in [5.74, 6) is 0.624. The van der Waals surface area contributed by atoms with Crippen LogP contribution in [0.25, 0.3) is 22.6 Å². The lowest BCUT2D eigenvalue weighted by atomic mass is 10.2. The molecule has 0 atom stereocenters. The maximum atomic E-state index is 5.73. The summed E-state index contributed by atoms with van der Waals surface area (Å²) in [5.41, 5.74) is 2.61. The predicted octanol–water partition coefficient (Wildman–Crippen LogP) is 5.02. The van der Waals surface area contributed by atoms with E-state index in [9.17, 15) is 0 Å². The quantitative estimate of drug-likeness (QED) is 0.614. The molecule has 0 saturated heterocycles. The Morgan fingerprint density at radius 2 is 1.82 bits per heavy atom. The van der Waals surface area contributed by atoms with Gasteiger partial charge in [-0.15, -0.1) is 0 Å². The van der Waals surface area contributed by atoms with Crippen molar-refractivity contribution < 1.29 is 4.42 Å². The number of halogens is 2. The van der Waals surface area contributed by atoms with E-state index in [1.165, 1.54) is 0 Å². The first-order valence-electron chi connectivity index (χ1n) is 5.05. The van der Waals surface area contributed by atoms with Crippen molar-refractivity contribution in [1.82, 2.24) is 4.98 Å². The van der Waals surface area contributed by atoms with Gasteiger partial charge in [0.05, 0.1) is 5.56 Å². The Morgan fingerprint density at radius 3 is 2.65 bits per heavy atom. The molecule has 0 fully saturated rings. The van der Waals surface area contributed by atoms with Crippen LogP contribution in [0, 0.1) is 0 Å². The van der Waals surface area contributed by atoms with Crippen molar-refractivity contribution in [3.05, 3.63) is 51.4 Å². The molecule has 17 heavy (non-hydrogen) atoms. The van der Waals surface area contributed by atoms with E-state index in [0.29, 0.717) is 5.89 Å². The minimum absolute atomic E-state index is 0.624. The summed E-state index contributed by atoms with van der Waals surface area (Å²) in [7, 11) is 0. The van der Waals surface area contributed by atoms with Gasteiger partial charge in [-0.05, 0) is 46.3 Å². The van der Waals surface area contributed by atoms with Crippen LogP contribution in [0.1, 0.15) is 0 Å². The molecule has 0 N–H and O–H groups in total. The molecule has 0 spiro atoms. The van der Waals surface area contributed by atoms with Crippen LogP contribution in [-0.2, 0) is 0 Å². The molecule has 0 amide bonds. The highest BCUT2D eigenvalue weighted by Crippen LogP contribution is 2.32. The second kappa shape index (κ2) is 4.27. The van der Waals surface area contributed by atoms with Crippen LogP contribution in [0.2, 0.25) is 0 Å². The van der Waals surface area contributed by atoms with Crippen molar-refractivity contribution in [3.63, 3.8) is 0 Å². The third kappa shape index (κ3) is 2.03. The van der Waals surface area contributed by atoms with Crippen LogP contribution < -0.4 is 0 Å². The molecular formula is C13H7Br2NO. The van der Waals surface area contributed by atoms with Crippen LogP contribution in [0.4, 0.5) is 0 Å². The van der Waals surface area contributed by atoms with E-state index >= 15 is 0 Å². The number of hydrogen-bond acceptors (Lipinski definition) is 2. The molecule has 2 nitrogen and oxygen atoms in total. The third-order valence-electron chi connectivity index (χ3n) is 2.45. The fraction of sp³-hybridized carbons (Fsp3) is 0. The number of nitrogens with zero attached hydrogens (tertiary/aromatic N) is 1. The average molecular weight is 353 g/mol. The third-order valence-corrected chi connectivity index (χ3v) is 3.64. The zero-order valence-corrected chi connectivity index (χ0v) is 11.8. The average Bonchev–Trinajstić information content (AvgIpc) is 2.75. The standard InChI is InChI=1S/C13H7Br2NO/c14-8-5-6-10(15)9(7-8)13-16-11-3-1-2-4-12(11)17-13/h1-7H. The van der Waals surface area contributed by atoms with Gasteiger partial charge in [0.2, 0.25) is 5.89 Å². The van der Waals surface area contributed by atoms with Gasteiger partial charge >= 0.3 is 0 Å². The van der Waals surface area contributed by atoms with Gasteiger partial charge < -0.3 is 4.42 Å². The van der Waals surface area contributed by atoms with Crippen molar-refractivity contribution in [2.75, 3.05) is 0 Å². The zero-order chi connectivity index (χ0) is 11.8. The lowest BCUT2D eigenvalue weighted by Crippen LogP contribution is -1.79. The number of rotatable bonds is 1. The van der Waals surface area contributed by atoms with Crippen LogP contribution in [-0.4, -0.2) is 4.98 Å². The normalized spacial score (nSPS) is 10.9. The summed E-state index contributed by atoms with van der Waals surface area (Å²) in [5, 5.41) is 0. The lowest BCUT2D eigenvalue weighted by molar-refractivity contribution is 0.619. The molecule has 1 heterocycles. The maximum Gasteiger partial charge on any atom is 0.228 e. The molecule has 4 heteroatoms. The van der Waals surface area contributed by atoms with Gasteiger partial charge in [-0.3, -0.25) is 0 Å². The lowest BCUT2D eigenvalue weighted by Gasteiger charge is -1.99. The van der Waals surface area contributed by atoms with Crippen molar-refractivity contribution in [3.8, 4) is 11.5 Å². The molecule has 84 valence electrons. The summed E-state index contributed by atoms with van der Waals surface area (Å²) in [6.45, 7) is 0. The topological polar surface area (TPSA) is 26.0 Å². The molecule has 3 rings (SSSR count). The summed E-state index contributed by atoms with van der Waals surface area (Å²) < 4.78 is 7.69. The number of aromatic nitrogens is 1. The Morgan fingerprint density at radius 1 is 1.00 bits per heavy atom. The van der Waals surface area contributed by atoms with Gasteiger partial charge in [0, 0.05) is 8.95 Å². The van der Waals surface area contributed by atoms with Crippen LogP contribution in [0.15, 0.2) is 55.8 Å². The van der Waals surface area contributed by atoms with Crippen molar-refractivity contribution in [2.45, 2.75) is 0 Å². The second-order valence-corrected chi connectivity index (χ2v) is 5.38. The fourth-order valence-electron chi connectivity index (χ4n) is 1.65. The van der Waals surface area contributed by atoms with Gasteiger partial charge in [-0.1, -0.05) is 28.1 Å². The van der Waals surface area contributed by atoms with Crippen molar-refractivity contribution in [1.29, 1.82) is 0 Å². The Labute approximate surface area is 115 Å². The minimum Gasteiger partial charge on any atom is -0.436 e. The molecule has 0 aliphatic carbocycles. The molecule has 0 radical (unpaired) electrons. The summed E-state index contributed by atoms with van der Waals surface area (Å²) in [6, 6.07) is 13.7. The molecule has 2 aromatic carbocycles. The highest BCUT2D eigenvalue weighted by Gasteiger charge is 2.11. The smallest absolute Gasteiger partial charge is 0.228 e. The minimum atomic E-state index is 0.624. The Balaban J connectivity index is 2.23. The summed E-state index contributed by atoms with van der Waals surface area (Å²) in [6.07, 6.45) is 0. The fourth-order valence-corrected chi connectivity index (χ4v) is 2.43. The molecule has 0 saturated carbocycles. The van der Waals surface area contributed by atoms with Gasteiger partial charge in [0.15, 0.2) is 5.58 Å². The SMILES string of the molecule is Brc1ccc(Br)c(-c2nc3ccccc3o2)c1. The van der Waals surface area contributed by atoms with Gasteiger partial charge in [0.25, 0.3) is 0 Å². The van der Waals surface area contributed by atoms with E-state index < -0.39 is 0 Å². The van der Waals surface area contributed by atoms with Gasteiger partial charge in [0.1, 0.15) is 5.52 Å². The van der Waals surface area contributed by atoms with E-state index in [1.54, 1.807) is 0 Å². The van der Waals surface area contributed by atoms with E-state index in [2.05, 4.69) is 36.8 Å². The van der Waals surface area contributed by atoms with E-state index in [0.717, 1.165) is 25.6 Å². The van der Waals surface area contributed by atoms with Crippen LogP contribution >= 0.6 is 31.9 Å². The number of hydrogen-bond donors (Lipinski definition) is 0. The van der Waals surface area contributed by atoms with E-state index in [1.807, 2.05) is 42.5 Å². The Hall–Kier alpha value is -1.13. The second-order valence-electron chi connectivity index (χ2n) is 3.61. The first-order valence-corrected chi connectivity index (χ1v) is 6.63. The Kier molecular flexibility index (Phi) is 2.76. The number of benzene rings is 2. The Bertz CT molecular complexity index is 658. The van der Waals surface area contributed by atoms with E-state index in [4.69, 9.17) is 4.42 Å². The monoisotopic (exact) mass is 351 g/mol. The van der Waals surface area contributed by atoms with Crippen LogP contribution in [0.3, 0.4) is 0 Å². The molecule has 0 bridgehead atoms. The summed E-state index contributed by atoms with van der Waals surface area (Å²) >= 11 is 6.95. The van der Waals surface area contributed by atoms with Crippen LogP contribution in [0.5, 0.6) is 0 Å². The molecule has 0 aliphatic rings. The van der Waals surface area contributed by atoms with E-state index in [-0.39, 0.29) is 0 Å². The first-order chi connectivity index (χ1) is 8.24. The van der Waals surface area contributed by atoms with Crippen molar-refractivity contribution in [2.24, 2.45) is 0 Å². The first kappa shape index (κ1) is 11.0.